The molecule has 0 aliphatic rings. The standard InChI is InChI=1S/C17H18IO7P.2C12H14N2O2/c1-22-14-7-6-11(9-15(14)25-26(19,20)21)4-5-12-8-13(18)17(24-3)16(10-12)23-2;2*1-16-12(15)10(13)6-8-7-14-11-5-3-2-4-9(8)11/h4-10H,1-3H3,(H2,19,20,21);2*2-5,7,10,14H,6,13H2,1H3/b5-4-;;/t;2*10-/m.00/s1. The van der Waals surface area contributed by atoms with Crippen LogP contribution in [0.3, 0.4) is 0 Å². The van der Waals surface area contributed by atoms with Crippen LogP contribution in [-0.4, -0.2) is 69.5 Å². The molecule has 308 valence electrons. The third-order valence-corrected chi connectivity index (χ3v) is 9.90. The lowest BCUT2D eigenvalue weighted by Crippen LogP contribution is -2.66. The molecule has 17 heteroatoms. The van der Waals surface area contributed by atoms with Crippen LogP contribution in [-0.2, 0) is 36.5 Å². The Labute approximate surface area is 349 Å². The van der Waals surface area contributed by atoms with E-state index in [1.165, 1.54) is 33.5 Å². The molecule has 0 radical (unpaired) electrons. The minimum Gasteiger partial charge on any atom is -0.780 e. The highest BCUT2D eigenvalue weighted by molar-refractivity contribution is 14.1. The lowest BCUT2D eigenvalue weighted by molar-refractivity contribution is -0.407. The van der Waals surface area contributed by atoms with Gasteiger partial charge in [0.25, 0.3) is 0 Å². The molecule has 0 aliphatic carbocycles. The maximum atomic E-state index is 11.3. The highest BCUT2D eigenvalue weighted by Crippen LogP contribution is 2.38. The number of rotatable bonds is 13. The topological polar surface area (TPSA) is 240 Å². The number of benzene rings is 4. The number of aromatic amines is 2. The van der Waals surface area contributed by atoms with Gasteiger partial charge in [-0.05, 0) is 81.2 Å². The molecule has 8 N–H and O–H groups in total. The first-order chi connectivity index (χ1) is 27.7. The SMILES string of the molecule is COC(=O)[C@@H]([NH3+])Cc1c[nH]c2ccccc12.COC(=O)[C@@H]([NH3+])Cc1c[nH]c2ccccc12.COc1ccc(/C=C\c2cc(I)c(OC)c(OC)c2)cc1OP(=O)([O-])[O-]. The largest absolute Gasteiger partial charge is 0.780 e. The predicted molar refractivity (Wildman–Crippen MR) is 224 cm³/mol. The number of methoxy groups -OCH3 is 5. The Morgan fingerprint density at radius 2 is 1.17 bits per heavy atom. The summed E-state index contributed by atoms with van der Waals surface area (Å²) in [6, 6.07) is 23.6. The number of H-pyrrole nitrogens is 2. The van der Waals surface area contributed by atoms with Gasteiger partial charge in [0.05, 0.1) is 39.1 Å². The van der Waals surface area contributed by atoms with E-state index >= 15 is 0 Å². The second-order valence-corrected chi connectivity index (χ2v) is 14.8. The van der Waals surface area contributed by atoms with E-state index in [2.05, 4.69) is 58.0 Å². The number of quaternary nitrogens is 2. The fourth-order valence-electron chi connectivity index (χ4n) is 5.85. The van der Waals surface area contributed by atoms with Crippen molar-refractivity contribution in [3.63, 3.8) is 0 Å². The van der Waals surface area contributed by atoms with Gasteiger partial charge in [-0.15, -0.1) is 0 Å². The first-order valence-electron chi connectivity index (χ1n) is 17.6. The third kappa shape index (κ3) is 12.6. The molecule has 2 aromatic heterocycles. The molecule has 6 aromatic rings. The van der Waals surface area contributed by atoms with E-state index in [0.29, 0.717) is 29.9 Å². The van der Waals surface area contributed by atoms with E-state index in [1.54, 1.807) is 26.4 Å². The average Bonchev–Trinajstić information content (AvgIpc) is 3.82. The summed E-state index contributed by atoms with van der Waals surface area (Å²) in [6.45, 7) is 0. The van der Waals surface area contributed by atoms with Gasteiger partial charge >= 0.3 is 11.9 Å². The fraction of sp³-hybridized carbons (Fsp3) is 0.220. The number of para-hydroxylation sites is 2. The zero-order valence-corrected chi connectivity index (χ0v) is 35.7. The molecule has 6 rings (SSSR count). The van der Waals surface area contributed by atoms with Crippen LogP contribution in [0.4, 0.5) is 0 Å². The number of ether oxygens (including phenoxy) is 5. The predicted octanol–water partition coefficient (Wildman–Crippen LogP) is 3.68. The van der Waals surface area contributed by atoms with Crippen molar-refractivity contribution in [3.8, 4) is 23.0 Å². The molecule has 2 heterocycles. The number of phosphoric acid groups is 1. The van der Waals surface area contributed by atoms with Gasteiger partial charge in [-0.1, -0.05) is 54.6 Å². The van der Waals surface area contributed by atoms with Gasteiger partial charge in [0, 0.05) is 47.0 Å². The summed E-state index contributed by atoms with van der Waals surface area (Å²) in [7, 11) is 2.06. The van der Waals surface area contributed by atoms with Gasteiger partial charge in [-0.25, -0.2) is 9.59 Å². The van der Waals surface area contributed by atoms with Gasteiger partial charge in [0.2, 0.25) is 0 Å². The summed E-state index contributed by atoms with van der Waals surface area (Å²) in [6.07, 6.45) is 8.58. The molecular weight excluding hydrogens is 882 g/mol. The molecule has 0 amide bonds. The van der Waals surface area contributed by atoms with Crippen molar-refractivity contribution in [2.24, 2.45) is 0 Å². The number of phosphoric ester groups is 1. The number of hydrogen-bond donors (Lipinski definition) is 4. The second kappa shape index (κ2) is 21.4. The van der Waals surface area contributed by atoms with Crippen LogP contribution in [0, 0.1) is 3.57 Å². The van der Waals surface area contributed by atoms with Crippen molar-refractivity contribution in [3.05, 3.63) is 117 Å². The summed E-state index contributed by atoms with van der Waals surface area (Å²) in [5, 5.41) is 2.28. The summed E-state index contributed by atoms with van der Waals surface area (Å²) in [5.41, 5.74) is 13.4. The maximum Gasteiger partial charge on any atom is 0.364 e. The minimum absolute atomic E-state index is 0.148. The smallest absolute Gasteiger partial charge is 0.364 e. The van der Waals surface area contributed by atoms with Crippen molar-refractivity contribution in [1.82, 2.24) is 9.97 Å². The molecule has 0 fully saturated rings. The zero-order valence-electron chi connectivity index (χ0n) is 32.6. The molecule has 0 bridgehead atoms. The summed E-state index contributed by atoms with van der Waals surface area (Å²) >= 11 is 2.14. The molecule has 4 aromatic carbocycles. The van der Waals surface area contributed by atoms with Crippen molar-refractivity contribution in [2.75, 3.05) is 35.5 Å². The van der Waals surface area contributed by atoms with Crippen molar-refractivity contribution < 1.29 is 63.6 Å². The van der Waals surface area contributed by atoms with Crippen LogP contribution in [0.1, 0.15) is 22.3 Å². The molecule has 0 unspecified atom stereocenters. The number of nitrogens with one attached hydrogen (secondary N) is 2. The number of esters is 2. The van der Waals surface area contributed by atoms with Crippen molar-refractivity contribution >= 4 is 76.3 Å². The number of aromatic nitrogens is 2. The lowest BCUT2D eigenvalue weighted by atomic mass is 10.1. The van der Waals surface area contributed by atoms with E-state index < -0.39 is 7.82 Å². The summed E-state index contributed by atoms with van der Waals surface area (Å²) < 4.78 is 41.1. The highest BCUT2D eigenvalue weighted by atomic mass is 127. The van der Waals surface area contributed by atoms with Gasteiger partial charge in [0.15, 0.2) is 35.1 Å². The Morgan fingerprint density at radius 1 is 0.690 bits per heavy atom. The quantitative estimate of drug-likeness (QED) is 0.0564. The van der Waals surface area contributed by atoms with Crippen LogP contribution >= 0.6 is 30.4 Å². The Bertz CT molecular complexity index is 2300. The van der Waals surface area contributed by atoms with Crippen molar-refractivity contribution in [2.45, 2.75) is 24.9 Å². The van der Waals surface area contributed by atoms with Crippen LogP contribution in [0.25, 0.3) is 34.0 Å². The number of carbonyl (C=O) groups is 2. The van der Waals surface area contributed by atoms with Gasteiger partial charge in [-0.3, -0.25) is 0 Å². The zero-order chi connectivity index (χ0) is 42.4. The van der Waals surface area contributed by atoms with E-state index in [0.717, 1.165) is 42.1 Å². The number of fused-ring (bicyclic) bond motifs is 2. The third-order valence-electron chi connectivity index (χ3n) is 8.67. The lowest BCUT2D eigenvalue weighted by Gasteiger charge is -2.29. The normalized spacial score (nSPS) is 12.1. The van der Waals surface area contributed by atoms with Gasteiger partial charge in [0.1, 0.15) is 7.82 Å². The Hall–Kier alpha value is -5.36. The van der Waals surface area contributed by atoms with Crippen LogP contribution in [0.15, 0.2) is 91.3 Å². The van der Waals surface area contributed by atoms with Crippen LogP contribution in [0.2, 0.25) is 0 Å². The minimum atomic E-state index is -5.19. The fourth-order valence-corrected chi connectivity index (χ4v) is 7.08. The number of hydrogen-bond acceptors (Lipinski definition) is 11. The van der Waals surface area contributed by atoms with E-state index in [1.807, 2.05) is 79.1 Å². The molecule has 0 saturated heterocycles. The maximum absolute atomic E-state index is 11.3. The van der Waals surface area contributed by atoms with Gasteiger partial charge in [-0.2, -0.15) is 0 Å². The first-order valence-corrected chi connectivity index (χ1v) is 20.2. The van der Waals surface area contributed by atoms with E-state index in [9.17, 15) is 23.9 Å². The highest BCUT2D eigenvalue weighted by Gasteiger charge is 2.21. The summed E-state index contributed by atoms with van der Waals surface area (Å²) in [5.74, 6) is 0.679. The molecule has 0 aliphatic heterocycles. The Balaban J connectivity index is 0.000000202. The Kier molecular flexibility index (Phi) is 16.7. The molecule has 0 spiro atoms. The van der Waals surface area contributed by atoms with E-state index in [-0.39, 0.29) is 35.5 Å². The monoisotopic (exact) mass is 928 g/mol. The summed E-state index contributed by atoms with van der Waals surface area (Å²) in [4.78, 5) is 50.7. The first kappa shape index (κ1) is 45.3. The van der Waals surface area contributed by atoms with Gasteiger partial charge < -0.3 is 64.0 Å². The number of halogens is 1. The molecular formula is C41H46IN4O11P. The second-order valence-electron chi connectivity index (χ2n) is 12.6. The van der Waals surface area contributed by atoms with Crippen LogP contribution in [0.5, 0.6) is 23.0 Å². The Morgan fingerprint density at radius 3 is 1.64 bits per heavy atom. The average molecular weight is 929 g/mol. The number of carbonyl (C=O) groups excluding carboxylic acids is 2. The molecule has 2 atom stereocenters. The van der Waals surface area contributed by atoms with Crippen molar-refractivity contribution in [1.29, 1.82) is 0 Å². The molecule has 58 heavy (non-hydrogen) atoms. The van der Waals surface area contributed by atoms with E-state index in [4.69, 9.17) is 14.2 Å². The molecule has 0 saturated carbocycles. The molecule has 15 nitrogen and oxygen atoms in total. The van der Waals surface area contributed by atoms with Crippen LogP contribution < -0.4 is 40.0 Å².